The number of hydrogen-bond donors (Lipinski definition) is 0. The first-order valence-electron chi connectivity index (χ1n) is 10.1. The third-order valence-corrected chi connectivity index (χ3v) is 5.48. The zero-order chi connectivity index (χ0) is 20.2. The summed E-state index contributed by atoms with van der Waals surface area (Å²) in [7, 11) is 1.64. The van der Waals surface area contributed by atoms with Crippen LogP contribution in [0.1, 0.15) is 35.8 Å². The van der Waals surface area contributed by atoms with Gasteiger partial charge in [0.05, 0.1) is 25.3 Å². The zero-order valence-corrected chi connectivity index (χ0v) is 17.0. The highest BCUT2D eigenvalue weighted by molar-refractivity contribution is 5.79. The van der Waals surface area contributed by atoms with E-state index in [9.17, 15) is 4.79 Å². The molecule has 0 aliphatic carbocycles. The van der Waals surface area contributed by atoms with Crippen molar-refractivity contribution >= 4 is 5.91 Å². The maximum atomic E-state index is 13.1. The lowest BCUT2D eigenvalue weighted by molar-refractivity contribution is -0.131. The van der Waals surface area contributed by atoms with Gasteiger partial charge in [0.15, 0.2) is 0 Å². The van der Waals surface area contributed by atoms with E-state index in [0.29, 0.717) is 6.42 Å². The number of carbonyl (C=O) groups excluding carboxylic acids is 1. The number of aromatic nitrogens is 1. The molecular weight excluding hydrogens is 360 g/mol. The minimum atomic E-state index is 0.0375. The van der Waals surface area contributed by atoms with Crippen LogP contribution in [-0.2, 0) is 11.2 Å². The first kappa shape index (κ1) is 19.2. The molecule has 4 nitrogen and oxygen atoms in total. The molecule has 148 valence electrons. The molecule has 2 aromatic carbocycles. The van der Waals surface area contributed by atoms with Crippen LogP contribution in [0.4, 0.5) is 0 Å². The summed E-state index contributed by atoms with van der Waals surface area (Å²) >= 11 is 0. The molecular formula is C25H26N2O2. The molecule has 1 aliphatic rings. The van der Waals surface area contributed by atoms with E-state index in [1.165, 1.54) is 5.56 Å². The van der Waals surface area contributed by atoms with Crippen LogP contribution in [0.3, 0.4) is 0 Å². The number of likely N-dealkylation sites (tertiary alicyclic amines) is 1. The molecule has 0 radical (unpaired) electrons. The normalized spacial score (nSPS) is 16.1. The third kappa shape index (κ3) is 4.32. The van der Waals surface area contributed by atoms with Crippen molar-refractivity contribution in [1.29, 1.82) is 0 Å². The Labute approximate surface area is 172 Å². The van der Waals surface area contributed by atoms with E-state index >= 15 is 0 Å². The number of pyridine rings is 1. The van der Waals surface area contributed by atoms with Gasteiger partial charge in [0.25, 0.3) is 0 Å². The molecule has 0 saturated carbocycles. The lowest BCUT2D eigenvalue weighted by Crippen LogP contribution is -2.32. The molecule has 0 N–H and O–H groups in total. The fraction of sp³-hybridized carbons (Fsp3) is 0.280. The molecule has 1 aromatic heterocycles. The van der Waals surface area contributed by atoms with Crippen LogP contribution >= 0.6 is 0 Å². The van der Waals surface area contributed by atoms with Crippen LogP contribution in [0.2, 0.25) is 0 Å². The van der Waals surface area contributed by atoms with Gasteiger partial charge in [0, 0.05) is 12.2 Å². The Kier molecular flexibility index (Phi) is 5.61. The van der Waals surface area contributed by atoms with Crippen molar-refractivity contribution in [2.45, 2.75) is 32.2 Å². The number of methoxy groups -OCH3 is 1. The highest BCUT2D eigenvalue weighted by Crippen LogP contribution is 2.34. The number of nitrogens with zero attached hydrogens (tertiary/aromatic N) is 2. The lowest BCUT2D eigenvalue weighted by Gasteiger charge is -2.25. The van der Waals surface area contributed by atoms with Gasteiger partial charge < -0.3 is 9.64 Å². The number of carbonyl (C=O) groups is 1. The molecule has 0 bridgehead atoms. The first-order chi connectivity index (χ1) is 14.1. The quantitative estimate of drug-likeness (QED) is 0.622. The van der Waals surface area contributed by atoms with Crippen molar-refractivity contribution in [1.82, 2.24) is 9.88 Å². The van der Waals surface area contributed by atoms with Crippen LogP contribution in [-0.4, -0.2) is 29.4 Å². The maximum absolute atomic E-state index is 13.1. The summed E-state index contributed by atoms with van der Waals surface area (Å²) in [5.74, 6) is 0.923. The van der Waals surface area contributed by atoms with Gasteiger partial charge in [-0.25, -0.2) is 0 Å². The maximum Gasteiger partial charge on any atom is 0.227 e. The predicted octanol–water partition coefficient (Wildman–Crippen LogP) is 4.97. The Morgan fingerprint density at radius 3 is 2.69 bits per heavy atom. The largest absolute Gasteiger partial charge is 0.497 e. The second-order valence-electron chi connectivity index (χ2n) is 7.56. The highest BCUT2D eigenvalue weighted by Gasteiger charge is 2.31. The molecule has 2 heterocycles. The Morgan fingerprint density at radius 2 is 1.90 bits per heavy atom. The van der Waals surface area contributed by atoms with Gasteiger partial charge in [-0.3, -0.25) is 9.78 Å². The van der Waals surface area contributed by atoms with Crippen LogP contribution in [0.5, 0.6) is 5.75 Å². The molecule has 1 saturated heterocycles. The van der Waals surface area contributed by atoms with Gasteiger partial charge in [0.2, 0.25) is 5.91 Å². The first-order valence-corrected chi connectivity index (χ1v) is 10.1. The van der Waals surface area contributed by atoms with E-state index in [-0.39, 0.29) is 11.9 Å². The minimum absolute atomic E-state index is 0.0375. The number of benzene rings is 2. The van der Waals surface area contributed by atoms with Crippen molar-refractivity contribution in [3.8, 4) is 16.9 Å². The van der Waals surface area contributed by atoms with E-state index in [4.69, 9.17) is 9.72 Å². The van der Waals surface area contributed by atoms with Crippen LogP contribution in [0.25, 0.3) is 11.1 Å². The molecule has 29 heavy (non-hydrogen) atoms. The molecule has 1 aliphatic heterocycles. The summed E-state index contributed by atoms with van der Waals surface area (Å²) < 4.78 is 5.29. The second kappa shape index (κ2) is 8.48. The standard InChI is InChI=1S/C25H26N2O2/c1-18-14-21(20-9-4-3-5-10-20)17-23(26-18)24-12-7-13-27(24)25(28)16-19-8-6-11-22(15-19)29-2/h3-6,8-11,14-15,17,24H,7,12-13,16H2,1-2H3/t24-/m1/s1. The fourth-order valence-corrected chi connectivity index (χ4v) is 4.09. The molecule has 3 aromatic rings. The van der Waals surface area contributed by atoms with E-state index < -0.39 is 0 Å². The third-order valence-electron chi connectivity index (χ3n) is 5.48. The predicted molar refractivity (Wildman–Crippen MR) is 115 cm³/mol. The summed E-state index contributed by atoms with van der Waals surface area (Å²) in [5, 5.41) is 0. The van der Waals surface area contributed by atoms with Gasteiger partial charge in [0.1, 0.15) is 5.75 Å². The minimum Gasteiger partial charge on any atom is -0.497 e. The highest BCUT2D eigenvalue weighted by atomic mass is 16.5. The average molecular weight is 386 g/mol. The fourth-order valence-electron chi connectivity index (χ4n) is 4.09. The van der Waals surface area contributed by atoms with Gasteiger partial charge >= 0.3 is 0 Å². The summed E-state index contributed by atoms with van der Waals surface area (Å²) in [4.78, 5) is 19.9. The zero-order valence-electron chi connectivity index (χ0n) is 17.0. The van der Waals surface area contributed by atoms with E-state index in [0.717, 1.165) is 47.7 Å². The second-order valence-corrected chi connectivity index (χ2v) is 7.56. The van der Waals surface area contributed by atoms with E-state index in [1.807, 2.05) is 54.3 Å². The van der Waals surface area contributed by atoms with Crippen molar-refractivity contribution < 1.29 is 9.53 Å². The van der Waals surface area contributed by atoms with Gasteiger partial charge in [-0.2, -0.15) is 0 Å². The topological polar surface area (TPSA) is 42.4 Å². The molecule has 1 atom stereocenters. The summed E-state index contributed by atoms with van der Waals surface area (Å²) in [6, 6.07) is 22.4. The molecule has 1 fully saturated rings. The molecule has 1 amide bonds. The van der Waals surface area contributed by atoms with Crippen molar-refractivity contribution in [2.75, 3.05) is 13.7 Å². The summed E-state index contributed by atoms with van der Waals surface area (Å²) in [6.07, 6.45) is 2.34. The Morgan fingerprint density at radius 1 is 1.07 bits per heavy atom. The Bertz CT molecular complexity index is 1000. The number of aryl methyl sites for hydroxylation is 1. The number of amides is 1. The Hall–Kier alpha value is -3.14. The SMILES string of the molecule is COc1cccc(CC(=O)N2CCC[C@@H]2c2cc(-c3ccccc3)cc(C)n2)c1. The van der Waals surface area contributed by atoms with Crippen molar-refractivity contribution in [2.24, 2.45) is 0 Å². The molecule has 0 spiro atoms. The smallest absolute Gasteiger partial charge is 0.227 e. The van der Waals surface area contributed by atoms with Crippen molar-refractivity contribution in [3.05, 3.63) is 83.7 Å². The summed E-state index contributed by atoms with van der Waals surface area (Å²) in [6.45, 7) is 2.80. The molecule has 4 rings (SSSR count). The lowest BCUT2D eigenvalue weighted by atomic mass is 10.0. The number of ether oxygens (including phenoxy) is 1. The molecule has 4 heteroatoms. The molecule has 0 unspecified atom stereocenters. The monoisotopic (exact) mass is 386 g/mol. The van der Waals surface area contributed by atoms with Crippen molar-refractivity contribution in [3.63, 3.8) is 0 Å². The summed E-state index contributed by atoms with van der Waals surface area (Å²) in [5.41, 5.74) is 5.27. The Balaban J connectivity index is 1.58. The van der Waals surface area contributed by atoms with E-state index in [2.05, 4.69) is 24.3 Å². The number of hydrogen-bond acceptors (Lipinski definition) is 3. The van der Waals surface area contributed by atoms with Gasteiger partial charge in [-0.1, -0.05) is 42.5 Å². The van der Waals surface area contributed by atoms with Gasteiger partial charge in [-0.05, 0) is 60.7 Å². The van der Waals surface area contributed by atoms with E-state index in [1.54, 1.807) is 7.11 Å². The number of rotatable bonds is 5. The van der Waals surface area contributed by atoms with Crippen LogP contribution in [0.15, 0.2) is 66.7 Å². The van der Waals surface area contributed by atoms with Gasteiger partial charge in [-0.15, -0.1) is 0 Å². The van der Waals surface area contributed by atoms with Crippen LogP contribution < -0.4 is 4.74 Å². The van der Waals surface area contributed by atoms with Crippen LogP contribution in [0, 0.1) is 6.92 Å². The average Bonchev–Trinajstić information content (AvgIpc) is 3.24.